The SMILES string of the molecule is CC1CN(Cc2cccc(CNC(=O)c3ccc(NC(=O)c4ccco4)cc3)c2)CCO1. The molecule has 0 saturated carbocycles. The summed E-state index contributed by atoms with van der Waals surface area (Å²) >= 11 is 0. The number of nitrogens with one attached hydrogen (secondary N) is 2. The number of ether oxygens (including phenoxy) is 1. The molecule has 4 rings (SSSR count). The summed E-state index contributed by atoms with van der Waals surface area (Å²) in [5.41, 5.74) is 3.40. The highest BCUT2D eigenvalue weighted by molar-refractivity contribution is 6.02. The molecule has 0 bridgehead atoms. The molecule has 7 heteroatoms. The van der Waals surface area contributed by atoms with Crippen molar-refractivity contribution in [3.05, 3.63) is 89.4 Å². The normalized spacial score (nSPS) is 16.5. The number of anilines is 1. The molecule has 32 heavy (non-hydrogen) atoms. The number of hydrogen-bond acceptors (Lipinski definition) is 5. The fourth-order valence-electron chi connectivity index (χ4n) is 3.72. The molecule has 0 radical (unpaired) electrons. The van der Waals surface area contributed by atoms with Crippen LogP contribution < -0.4 is 10.6 Å². The molecule has 1 aliphatic rings. The zero-order chi connectivity index (χ0) is 22.3. The largest absolute Gasteiger partial charge is 0.459 e. The maximum Gasteiger partial charge on any atom is 0.291 e. The Kier molecular flexibility index (Phi) is 6.99. The van der Waals surface area contributed by atoms with Crippen LogP contribution >= 0.6 is 0 Å². The second kappa shape index (κ2) is 10.3. The standard InChI is InChI=1S/C25H27N3O4/c1-18-16-28(11-13-31-18)17-20-5-2-4-19(14-20)15-26-24(29)21-7-9-22(10-8-21)27-25(30)23-6-3-12-32-23/h2-10,12,14,18H,11,13,15-17H2,1H3,(H,26,29)(H,27,30). The van der Waals surface area contributed by atoms with Gasteiger partial charge in [-0.1, -0.05) is 24.3 Å². The Morgan fingerprint density at radius 2 is 1.84 bits per heavy atom. The van der Waals surface area contributed by atoms with Crippen LogP contribution in [0.5, 0.6) is 0 Å². The number of carbonyl (C=O) groups is 2. The van der Waals surface area contributed by atoms with E-state index in [0.29, 0.717) is 17.8 Å². The van der Waals surface area contributed by atoms with E-state index in [0.717, 1.165) is 31.8 Å². The van der Waals surface area contributed by atoms with Gasteiger partial charge < -0.3 is 19.8 Å². The molecule has 0 aliphatic carbocycles. The molecule has 7 nitrogen and oxygen atoms in total. The summed E-state index contributed by atoms with van der Waals surface area (Å²) in [6, 6.07) is 18.3. The van der Waals surface area contributed by atoms with Crippen LogP contribution in [-0.2, 0) is 17.8 Å². The van der Waals surface area contributed by atoms with E-state index in [1.165, 1.54) is 11.8 Å². The van der Waals surface area contributed by atoms with Crippen molar-refractivity contribution in [2.24, 2.45) is 0 Å². The van der Waals surface area contributed by atoms with E-state index in [4.69, 9.17) is 9.15 Å². The summed E-state index contributed by atoms with van der Waals surface area (Å²) in [7, 11) is 0. The monoisotopic (exact) mass is 433 g/mol. The molecule has 1 atom stereocenters. The average molecular weight is 434 g/mol. The smallest absolute Gasteiger partial charge is 0.291 e. The van der Waals surface area contributed by atoms with Gasteiger partial charge in [0.05, 0.1) is 19.0 Å². The van der Waals surface area contributed by atoms with Crippen LogP contribution in [0.1, 0.15) is 39.0 Å². The van der Waals surface area contributed by atoms with Crippen molar-refractivity contribution < 1.29 is 18.7 Å². The molecule has 2 N–H and O–H groups in total. The van der Waals surface area contributed by atoms with E-state index in [1.807, 2.05) is 12.1 Å². The summed E-state index contributed by atoms with van der Waals surface area (Å²) in [5, 5.41) is 5.70. The van der Waals surface area contributed by atoms with Crippen LogP contribution in [0, 0.1) is 0 Å². The molecular formula is C25H27N3O4. The zero-order valence-corrected chi connectivity index (χ0v) is 18.0. The third kappa shape index (κ3) is 5.84. The molecule has 1 unspecified atom stereocenters. The summed E-state index contributed by atoms with van der Waals surface area (Å²) < 4.78 is 10.7. The number of rotatable bonds is 7. The van der Waals surface area contributed by atoms with Gasteiger partial charge in [0.2, 0.25) is 0 Å². The molecule has 1 aliphatic heterocycles. The molecule has 0 spiro atoms. The first kappa shape index (κ1) is 21.8. The average Bonchev–Trinajstić information content (AvgIpc) is 3.34. The summed E-state index contributed by atoms with van der Waals surface area (Å²) in [6.07, 6.45) is 1.71. The van der Waals surface area contributed by atoms with Crippen molar-refractivity contribution in [2.75, 3.05) is 25.0 Å². The predicted octanol–water partition coefficient (Wildman–Crippen LogP) is 3.68. The van der Waals surface area contributed by atoms with Gasteiger partial charge >= 0.3 is 0 Å². The highest BCUT2D eigenvalue weighted by atomic mass is 16.5. The number of hydrogen-bond donors (Lipinski definition) is 2. The van der Waals surface area contributed by atoms with Crippen LogP contribution in [0.25, 0.3) is 0 Å². The predicted molar refractivity (Wildman–Crippen MR) is 121 cm³/mol. The van der Waals surface area contributed by atoms with Gasteiger partial charge in [0.25, 0.3) is 11.8 Å². The number of benzene rings is 2. The van der Waals surface area contributed by atoms with Crippen molar-refractivity contribution in [1.82, 2.24) is 10.2 Å². The minimum Gasteiger partial charge on any atom is -0.459 e. The molecule has 2 amide bonds. The van der Waals surface area contributed by atoms with Crippen LogP contribution in [-0.4, -0.2) is 42.5 Å². The van der Waals surface area contributed by atoms with Crippen LogP contribution in [0.2, 0.25) is 0 Å². The molecule has 2 aromatic carbocycles. The third-order valence-corrected chi connectivity index (χ3v) is 5.33. The molecule has 1 aromatic heterocycles. The summed E-state index contributed by atoms with van der Waals surface area (Å²) in [6.45, 7) is 6.05. The number of nitrogens with zero attached hydrogens (tertiary/aromatic N) is 1. The van der Waals surface area contributed by atoms with E-state index >= 15 is 0 Å². The first-order valence-electron chi connectivity index (χ1n) is 10.7. The van der Waals surface area contributed by atoms with Crippen molar-refractivity contribution in [2.45, 2.75) is 26.1 Å². The highest BCUT2D eigenvalue weighted by Crippen LogP contribution is 2.14. The number of amides is 2. The van der Waals surface area contributed by atoms with Gasteiger partial charge in [-0.05, 0) is 54.4 Å². The summed E-state index contributed by atoms with van der Waals surface area (Å²) in [4.78, 5) is 27.0. The zero-order valence-electron chi connectivity index (χ0n) is 18.0. The second-order valence-corrected chi connectivity index (χ2v) is 7.93. The van der Waals surface area contributed by atoms with Gasteiger partial charge in [0.1, 0.15) is 0 Å². The van der Waals surface area contributed by atoms with Crippen molar-refractivity contribution >= 4 is 17.5 Å². The third-order valence-electron chi connectivity index (χ3n) is 5.33. The summed E-state index contributed by atoms with van der Waals surface area (Å²) in [5.74, 6) is -0.267. The number of morpholine rings is 1. The molecular weight excluding hydrogens is 406 g/mol. The molecule has 3 aromatic rings. The lowest BCUT2D eigenvalue weighted by molar-refractivity contribution is -0.0212. The molecule has 1 fully saturated rings. The van der Waals surface area contributed by atoms with Gasteiger partial charge in [0, 0.05) is 37.4 Å². The fourth-order valence-corrected chi connectivity index (χ4v) is 3.72. The number of carbonyl (C=O) groups excluding carboxylic acids is 2. The second-order valence-electron chi connectivity index (χ2n) is 7.93. The molecule has 166 valence electrons. The van der Waals surface area contributed by atoms with Gasteiger partial charge in [-0.2, -0.15) is 0 Å². The van der Waals surface area contributed by atoms with Crippen molar-refractivity contribution in [1.29, 1.82) is 0 Å². The van der Waals surface area contributed by atoms with E-state index in [1.54, 1.807) is 36.4 Å². The first-order chi connectivity index (χ1) is 15.6. The molecule has 1 saturated heterocycles. The minimum atomic E-state index is -0.335. The maximum atomic E-state index is 12.5. The van der Waals surface area contributed by atoms with E-state index < -0.39 is 0 Å². The van der Waals surface area contributed by atoms with Crippen molar-refractivity contribution in [3.8, 4) is 0 Å². The maximum absolute atomic E-state index is 12.5. The topological polar surface area (TPSA) is 83.8 Å². The number of furan rings is 1. The van der Waals surface area contributed by atoms with E-state index in [-0.39, 0.29) is 23.7 Å². The Hall–Kier alpha value is -3.42. The highest BCUT2D eigenvalue weighted by Gasteiger charge is 2.16. The van der Waals surface area contributed by atoms with Gasteiger partial charge in [-0.3, -0.25) is 14.5 Å². The van der Waals surface area contributed by atoms with Gasteiger partial charge in [-0.15, -0.1) is 0 Å². The van der Waals surface area contributed by atoms with Crippen molar-refractivity contribution in [3.63, 3.8) is 0 Å². The van der Waals surface area contributed by atoms with E-state index in [9.17, 15) is 9.59 Å². The minimum absolute atomic E-state index is 0.165. The van der Waals surface area contributed by atoms with Crippen LogP contribution in [0.15, 0.2) is 71.3 Å². The van der Waals surface area contributed by atoms with Crippen LogP contribution in [0.3, 0.4) is 0 Å². The first-order valence-corrected chi connectivity index (χ1v) is 10.7. The Morgan fingerprint density at radius 1 is 1.03 bits per heavy atom. The molecule has 2 heterocycles. The lowest BCUT2D eigenvalue weighted by atomic mass is 10.1. The quantitative estimate of drug-likeness (QED) is 0.594. The lowest BCUT2D eigenvalue weighted by Crippen LogP contribution is -2.40. The van der Waals surface area contributed by atoms with Gasteiger partial charge in [0.15, 0.2) is 5.76 Å². The Morgan fingerprint density at radius 3 is 2.59 bits per heavy atom. The lowest BCUT2D eigenvalue weighted by Gasteiger charge is -2.31. The van der Waals surface area contributed by atoms with Crippen LogP contribution in [0.4, 0.5) is 5.69 Å². The Bertz CT molecular complexity index is 1050. The Labute approximate surface area is 187 Å². The Balaban J connectivity index is 1.29. The fraction of sp³-hybridized carbons (Fsp3) is 0.280. The van der Waals surface area contributed by atoms with E-state index in [2.05, 4.69) is 34.6 Å². The van der Waals surface area contributed by atoms with Gasteiger partial charge in [-0.25, -0.2) is 0 Å².